The third-order valence-corrected chi connectivity index (χ3v) is 3.83. The Balaban J connectivity index is 2.20. The molecule has 0 aliphatic heterocycles. The topological polar surface area (TPSA) is 61.4 Å². The number of thiophene rings is 1. The number of rotatable bonds is 7. The van der Waals surface area contributed by atoms with Crippen LogP contribution >= 0.6 is 11.3 Å². The highest BCUT2D eigenvalue weighted by molar-refractivity contribution is 7.07. The molecular weight excluding hydrogens is 248 g/mol. The zero-order valence-corrected chi connectivity index (χ0v) is 11.8. The number of carbonyl (C=O) groups excluding carboxylic acids is 1. The SMILES string of the molecule is CCC(CC)C(O)CNC(=O)NCc1ccsc1. The summed E-state index contributed by atoms with van der Waals surface area (Å²) in [6.07, 6.45) is 1.39. The molecule has 1 atom stereocenters. The molecule has 1 aromatic heterocycles. The molecule has 0 aliphatic carbocycles. The van der Waals surface area contributed by atoms with E-state index in [1.54, 1.807) is 11.3 Å². The fourth-order valence-electron chi connectivity index (χ4n) is 1.83. The molecule has 0 bridgehead atoms. The molecule has 2 amide bonds. The molecule has 3 N–H and O–H groups in total. The van der Waals surface area contributed by atoms with Crippen molar-refractivity contribution in [1.29, 1.82) is 0 Å². The number of urea groups is 1. The van der Waals surface area contributed by atoms with Crippen molar-refractivity contribution in [2.24, 2.45) is 5.92 Å². The van der Waals surface area contributed by atoms with Crippen LogP contribution in [-0.2, 0) is 6.54 Å². The summed E-state index contributed by atoms with van der Waals surface area (Å²) in [5, 5.41) is 19.3. The van der Waals surface area contributed by atoms with Gasteiger partial charge in [0.05, 0.1) is 6.10 Å². The van der Waals surface area contributed by atoms with E-state index >= 15 is 0 Å². The number of aliphatic hydroxyl groups is 1. The lowest BCUT2D eigenvalue weighted by atomic mass is 9.97. The Labute approximate surface area is 112 Å². The van der Waals surface area contributed by atoms with Crippen LogP contribution in [0.5, 0.6) is 0 Å². The summed E-state index contributed by atoms with van der Waals surface area (Å²) in [6.45, 7) is 4.93. The van der Waals surface area contributed by atoms with E-state index in [0.29, 0.717) is 13.1 Å². The molecule has 0 aromatic carbocycles. The summed E-state index contributed by atoms with van der Waals surface area (Å²) in [6, 6.07) is 1.75. The molecule has 4 nitrogen and oxygen atoms in total. The van der Waals surface area contributed by atoms with Crippen LogP contribution in [0.3, 0.4) is 0 Å². The predicted molar refractivity (Wildman–Crippen MR) is 74.6 cm³/mol. The van der Waals surface area contributed by atoms with Gasteiger partial charge in [-0.25, -0.2) is 4.79 Å². The van der Waals surface area contributed by atoms with Crippen LogP contribution in [0.2, 0.25) is 0 Å². The second-order valence-electron chi connectivity index (χ2n) is 4.34. The molecule has 1 rings (SSSR count). The van der Waals surface area contributed by atoms with E-state index in [2.05, 4.69) is 10.6 Å². The van der Waals surface area contributed by atoms with Gasteiger partial charge < -0.3 is 15.7 Å². The van der Waals surface area contributed by atoms with Crippen LogP contribution < -0.4 is 10.6 Å². The van der Waals surface area contributed by atoms with Crippen LogP contribution in [0.15, 0.2) is 16.8 Å². The van der Waals surface area contributed by atoms with Gasteiger partial charge in [0.1, 0.15) is 0 Å². The first kappa shape index (κ1) is 15.0. The zero-order chi connectivity index (χ0) is 13.4. The van der Waals surface area contributed by atoms with Crippen LogP contribution in [0.1, 0.15) is 32.3 Å². The van der Waals surface area contributed by atoms with Crippen molar-refractivity contribution in [2.45, 2.75) is 39.3 Å². The van der Waals surface area contributed by atoms with Gasteiger partial charge in [0.2, 0.25) is 0 Å². The van der Waals surface area contributed by atoms with Crippen molar-refractivity contribution >= 4 is 17.4 Å². The molecule has 0 radical (unpaired) electrons. The van der Waals surface area contributed by atoms with E-state index in [4.69, 9.17) is 0 Å². The van der Waals surface area contributed by atoms with Crippen molar-refractivity contribution in [3.63, 3.8) is 0 Å². The summed E-state index contributed by atoms with van der Waals surface area (Å²) in [5.74, 6) is 0.252. The van der Waals surface area contributed by atoms with Gasteiger partial charge in [-0.1, -0.05) is 26.7 Å². The standard InChI is InChI=1S/C13H22N2O2S/c1-3-11(4-2)12(16)8-15-13(17)14-7-10-5-6-18-9-10/h5-6,9,11-12,16H,3-4,7-8H2,1-2H3,(H2,14,15,17). The molecule has 1 heterocycles. The van der Waals surface area contributed by atoms with E-state index in [-0.39, 0.29) is 11.9 Å². The van der Waals surface area contributed by atoms with Gasteiger partial charge >= 0.3 is 6.03 Å². The van der Waals surface area contributed by atoms with Gasteiger partial charge in [-0.2, -0.15) is 11.3 Å². The first-order valence-electron chi connectivity index (χ1n) is 6.38. The number of amides is 2. The monoisotopic (exact) mass is 270 g/mol. The molecule has 0 saturated heterocycles. The van der Waals surface area contributed by atoms with E-state index in [1.165, 1.54) is 0 Å². The minimum Gasteiger partial charge on any atom is -0.391 e. The highest BCUT2D eigenvalue weighted by Crippen LogP contribution is 2.12. The summed E-state index contributed by atoms with van der Waals surface area (Å²) in [5.41, 5.74) is 1.09. The molecule has 5 heteroatoms. The fourth-order valence-corrected chi connectivity index (χ4v) is 2.50. The summed E-state index contributed by atoms with van der Waals surface area (Å²) in [4.78, 5) is 11.5. The molecule has 0 aliphatic rings. The first-order valence-corrected chi connectivity index (χ1v) is 7.32. The Bertz CT molecular complexity index is 337. The largest absolute Gasteiger partial charge is 0.391 e. The normalized spacial score (nSPS) is 12.4. The maximum Gasteiger partial charge on any atom is 0.315 e. The first-order chi connectivity index (χ1) is 8.67. The molecule has 0 spiro atoms. The summed E-state index contributed by atoms with van der Waals surface area (Å²) >= 11 is 1.61. The molecule has 102 valence electrons. The third-order valence-electron chi connectivity index (χ3n) is 3.10. The van der Waals surface area contributed by atoms with Gasteiger partial charge in [0.15, 0.2) is 0 Å². The van der Waals surface area contributed by atoms with E-state index in [0.717, 1.165) is 18.4 Å². The number of hydrogen-bond acceptors (Lipinski definition) is 3. The lowest BCUT2D eigenvalue weighted by Crippen LogP contribution is -2.41. The van der Waals surface area contributed by atoms with Crippen LogP contribution in [0.25, 0.3) is 0 Å². The van der Waals surface area contributed by atoms with Crippen molar-refractivity contribution < 1.29 is 9.90 Å². The van der Waals surface area contributed by atoms with Crippen molar-refractivity contribution in [1.82, 2.24) is 10.6 Å². The maximum absolute atomic E-state index is 11.5. The minimum atomic E-state index is -0.466. The van der Waals surface area contributed by atoms with Gasteiger partial charge in [-0.15, -0.1) is 0 Å². The third kappa shape index (κ3) is 5.06. The highest BCUT2D eigenvalue weighted by Gasteiger charge is 2.15. The molecular formula is C13H22N2O2S. The van der Waals surface area contributed by atoms with E-state index in [1.807, 2.05) is 30.7 Å². The average molecular weight is 270 g/mol. The van der Waals surface area contributed by atoms with Crippen LogP contribution in [0.4, 0.5) is 4.79 Å². The quantitative estimate of drug-likeness (QED) is 0.712. The van der Waals surface area contributed by atoms with Gasteiger partial charge in [-0.3, -0.25) is 0 Å². The summed E-state index contributed by atoms with van der Waals surface area (Å²) in [7, 11) is 0. The maximum atomic E-state index is 11.5. The summed E-state index contributed by atoms with van der Waals surface area (Å²) < 4.78 is 0. The van der Waals surface area contributed by atoms with E-state index in [9.17, 15) is 9.90 Å². The van der Waals surface area contributed by atoms with Crippen LogP contribution in [-0.4, -0.2) is 23.8 Å². The lowest BCUT2D eigenvalue weighted by molar-refractivity contribution is 0.103. The van der Waals surface area contributed by atoms with Crippen molar-refractivity contribution in [3.8, 4) is 0 Å². The Morgan fingerprint density at radius 3 is 2.67 bits per heavy atom. The molecule has 1 unspecified atom stereocenters. The molecule has 0 saturated carbocycles. The number of hydrogen-bond donors (Lipinski definition) is 3. The van der Waals surface area contributed by atoms with Gasteiger partial charge in [0, 0.05) is 13.1 Å². The van der Waals surface area contributed by atoms with Crippen molar-refractivity contribution in [2.75, 3.05) is 6.54 Å². The van der Waals surface area contributed by atoms with Crippen molar-refractivity contribution in [3.05, 3.63) is 22.4 Å². The molecule has 1 aromatic rings. The smallest absolute Gasteiger partial charge is 0.315 e. The van der Waals surface area contributed by atoms with E-state index < -0.39 is 6.10 Å². The number of aliphatic hydroxyl groups excluding tert-OH is 1. The Morgan fingerprint density at radius 1 is 1.39 bits per heavy atom. The number of carbonyl (C=O) groups is 1. The number of nitrogens with one attached hydrogen (secondary N) is 2. The van der Waals surface area contributed by atoms with Crippen LogP contribution in [0, 0.1) is 5.92 Å². The zero-order valence-electron chi connectivity index (χ0n) is 11.0. The Morgan fingerprint density at radius 2 is 2.11 bits per heavy atom. The van der Waals surface area contributed by atoms with Gasteiger partial charge in [0.25, 0.3) is 0 Å². The Kier molecular flexibility index (Phi) is 6.75. The van der Waals surface area contributed by atoms with Gasteiger partial charge in [-0.05, 0) is 28.3 Å². The average Bonchev–Trinajstić information content (AvgIpc) is 2.88. The fraction of sp³-hybridized carbons (Fsp3) is 0.615. The predicted octanol–water partition coefficient (Wildman–Crippen LogP) is 2.34. The molecule has 18 heavy (non-hydrogen) atoms. The lowest BCUT2D eigenvalue weighted by Gasteiger charge is -2.20. The minimum absolute atomic E-state index is 0.230. The highest BCUT2D eigenvalue weighted by atomic mass is 32.1. The Hall–Kier alpha value is -1.07. The second kappa shape index (κ2) is 8.11. The second-order valence-corrected chi connectivity index (χ2v) is 5.12. The molecule has 0 fully saturated rings.